The Balaban J connectivity index is 1.57. The van der Waals surface area contributed by atoms with Crippen LogP contribution < -0.4 is 0 Å². The summed E-state index contributed by atoms with van der Waals surface area (Å²) in [6.07, 6.45) is -0.128. The van der Waals surface area contributed by atoms with Crippen LogP contribution in [0.4, 0.5) is 4.39 Å². The van der Waals surface area contributed by atoms with E-state index in [1.807, 2.05) is 19.9 Å². The van der Waals surface area contributed by atoms with Crippen LogP contribution in [0.3, 0.4) is 0 Å². The number of benzene rings is 2. The Morgan fingerprint density at radius 2 is 1.77 bits per heavy atom. The van der Waals surface area contributed by atoms with Gasteiger partial charge in [0, 0.05) is 24.0 Å². The second-order valence-electron chi connectivity index (χ2n) is 7.71. The van der Waals surface area contributed by atoms with Gasteiger partial charge in [-0.1, -0.05) is 18.2 Å². The first kappa shape index (κ1) is 20.9. The van der Waals surface area contributed by atoms with Crippen molar-refractivity contribution in [2.45, 2.75) is 26.1 Å². The van der Waals surface area contributed by atoms with Crippen molar-refractivity contribution in [1.82, 2.24) is 9.88 Å². The molecule has 0 unspecified atom stereocenters. The zero-order chi connectivity index (χ0) is 22.0. The minimum absolute atomic E-state index is 0.0641. The van der Waals surface area contributed by atoms with E-state index in [2.05, 4.69) is 4.98 Å². The van der Waals surface area contributed by atoms with Gasteiger partial charge in [-0.15, -0.1) is 0 Å². The van der Waals surface area contributed by atoms with Gasteiger partial charge in [0.2, 0.25) is 0 Å². The van der Waals surface area contributed by atoms with Crippen molar-refractivity contribution in [3.8, 4) is 11.3 Å². The summed E-state index contributed by atoms with van der Waals surface area (Å²) in [5, 5.41) is 0.624. The Bertz CT molecular complexity index is 1110. The fraction of sp³-hybridized carbons (Fsp3) is 0.292. The molecule has 0 N–H and O–H groups in total. The summed E-state index contributed by atoms with van der Waals surface area (Å²) in [4.78, 5) is 31.7. The lowest BCUT2D eigenvalue weighted by Crippen LogP contribution is -2.49. The molecule has 1 aliphatic rings. The van der Waals surface area contributed by atoms with Gasteiger partial charge in [-0.05, 0) is 50.2 Å². The molecule has 0 radical (unpaired) electrons. The number of para-hydroxylation sites is 1. The number of carbonyl (C=O) groups excluding carboxylic acids is 2. The van der Waals surface area contributed by atoms with Crippen LogP contribution in [0.2, 0.25) is 0 Å². The van der Waals surface area contributed by atoms with Crippen LogP contribution in [0, 0.1) is 5.82 Å². The lowest BCUT2D eigenvalue weighted by molar-refractivity contribution is -0.146. The van der Waals surface area contributed by atoms with Gasteiger partial charge in [-0.2, -0.15) is 0 Å². The maximum absolute atomic E-state index is 13.3. The van der Waals surface area contributed by atoms with Crippen LogP contribution in [-0.4, -0.2) is 53.7 Å². The molecule has 7 heteroatoms. The molecule has 0 aliphatic carbocycles. The second-order valence-corrected chi connectivity index (χ2v) is 7.71. The Labute approximate surface area is 179 Å². The minimum atomic E-state index is -0.607. The Morgan fingerprint density at radius 3 is 2.48 bits per heavy atom. The summed E-state index contributed by atoms with van der Waals surface area (Å²) >= 11 is 0. The van der Waals surface area contributed by atoms with Gasteiger partial charge in [-0.3, -0.25) is 4.79 Å². The fourth-order valence-electron chi connectivity index (χ4n) is 3.79. The zero-order valence-electron chi connectivity index (χ0n) is 17.4. The summed E-state index contributed by atoms with van der Waals surface area (Å²) in [6.45, 7) is 4.39. The molecule has 1 amide bonds. The molecule has 0 spiro atoms. The van der Waals surface area contributed by atoms with Gasteiger partial charge in [0.05, 0.1) is 29.0 Å². The standard InChI is InChI=1S/C24H23FN2O4/c1-15-12-27(13-16(2)31-15)23(28)14-30-24(29)20-11-22(17-7-9-18(25)10-8-17)26-21-6-4-3-5-19(20)21/h3-11,15-16H,12-14H2,1-2H3/t15-,16+. The zero-order valence-corrected chi connectivity index (χ0v) is 17.4. The normalized spacial score (nSPS) is 18.7. The van der Waals surface area contributed by atoms with Crippen LogP contribution >= 0.6 is 0 Å². The van der Waals surface area contributed by atoms with E-state index in [0.29, 0.717) is 40.8 Å². The fourth-order valence-corrected chi connectivity index (χ4v) is 3.79. The molecule has 2 atom stereocenters. The molecule has 2 aromatic carbocycles. The SMILES string of the molecule is C[C@@H]1CN(C(=O)COC(=O)c2cc(-c3ccc(F)cc3)nc3ccccc23)C[C@H](C)O1. The van der Waals surface area contributed by atoms with Crippen molar-refractivity contribution in [2.75, 3.05) is 19.7 Å². The molecule has 0 saturated carbocycles. The molecular formula is C24H23FN2O4. The molecule has 1 aliphatic heterocycles. The predicted octanol–water partition coefficient (Wildman–Crippen LogP) is 3.83. The Hall–Kier alpha value is -3.32. The number of hydrogen-bond acceptors (Lipinski definition) is 5. The third kappa shape index (κ3) is 4.72. The minimum Gasteiger partial charge on any atom is -0.452 e. The number of esters is 1. The first-order valence-electron chi connectivity index (χ1n) is 10.2. The molecule has 160 valence electrons. The highest BCUT2D eigenvalue weighted by Gasteiger charge is 2.27. The Kier molecular flexibility index (Phi) is 5.95. The lowest BCUT2D eigenvalue weighted by Gasteiger charge is -2.35. The molecule has 31 heavy (non-hydrogen) atoms. The van der Waals surface area contributed by atoms with Crippen molar-refractivity contribution < 1.29 is 23.5 Å². The molecule has 6 nitrogen and oxygen atoms in total. The van der Waals surface area contributed by atoms with E-state index in [-0.39, 0.29) is 30.5 Å². The molecule has 1 fully saturated rings. The number of fused-ring (bicyclic) bond motifs is 1. The third-order valence-corrected chi connectivity index (χ3v) is 5.18. The van der Waals surface area contributed by atoms with E-state index in [1.54, 1.807) is 41.3 Å². The highest BCUT2D eigenvalue weighted by Crippen LogP contribution is 2.25. The quantitative estimate of drug-likeness (QED) is 0.598. The van der Waals surface area contributed by atoms with Crippen molar-refractivity contribution in [2.24, 2.45) is 0 Å². The van der Waals surface area contributed by atoms with Crippen molar-refractivity contribution >= 4 is 22.8 Å². The van der Waals surface area contributed by atoms with Crippen LogP contribution in [-0.2, 0) is 14.3 Å². The topological polar surface area (TPSA) is 68.7 Å². The summed E-state index contributed by atoms with van der Waals surface area (Å²) in [7, 11) is 0. The number of hydrogen-bond donors (Lipinski definition) is 0. The molecule has 3 aromatic rings. The first-order valence-corrected chi connectivity index (χ1v) is 10.2. The van der Waals surface area contributed by atoms with E-state index in [4.69, 9.17) is 9.47 Å². The number of halogens is 1. The number of pyridine rings is 1. The smallest absolute Gasteiger partial charge is 0.339 e. The summed E-state index contributed by atoms with van der Waals surface area (Å²) < 4.78 is 24.3. The maximum atomic E-state index is 13.3. The summed E-state index contributed by atoms with van der Waals surface area (Å²) in [6, 6.07) is 14.7. The number of ether oxygens (including phenoxy) is 2. The molecule has 1 aromatic heterocycles. The van der Waals surface area contributed by atoms with E-state index in [9.17, 15) is 14.0 Å². The van der Waals surface area contributed by atoms with Crippen LogP contribution in [0.15, 0.2) is 54.6 Å². The number of aromatic nitrogens is 1. The second kappa shape index (κ2) is 8.81. The van der Waals surface area contributed by atoms with Crippen molar-refractivity contribution in [3.63, 3.8) is 0 Å². The van der Waals surface area contributed by atoms with Gasteiger partial charge in [0.25, 0.3) is 5.91 Å². The third-order valence-electron chi connectivity index (χ3n) is 5.18. The number of rotatable bonds is 4. The van der Waals surface area contributed by atoms with E-state index >= 15 is 0 Å². The van der Waals surface area contributed by atoms with Crippen LogP contribution in [0.1, 0.15) is 24.2 Å². The first-order chi connectivity index (χ1) is 14.9. The van der Waals surface area contributed by atoms with Crippen molar-refractivity contribution in [1.29, 1.82) is 0 Å². The van der Waals surface area contributed by atoms with Gasteiger partial charge >= 0.3 is 5.97 Å². The number of amides is 1. The summed E-state index contributed by atoms with van der Waals surface area (Å²) in [5.74, 6) is -1.22. The lowest BCUT2D eigenvalue weighted by atomic mass is 10.0. The van der Waals surface area contributed by atoms with Gasteiger partial charge < -0.3 is 14.4 Å². The molecule has 2 heterocycles. The maximum Gasteiger partial charge on any atom is 0.339 e. The van der Waals surface area contributed by atoms with E-state index in [0.717, 1.165) is 0 Å². The van der Waals surface area contributed by atoms with Crippen LogP contribution in [0.5, 0.6) is 0 Å². The van der Waals surface area contributed by atoms with E-state index < -0.39 is 5.97 Å². The number of morpholine rings is 1. The highest BCUT2D eigenvalue weighted by atomic mass is 19.1. The largest absolute Gasteiger partial charge is 0.452 e. The Morgan fingerprint density at radius 1 is 1.10 bits per heavy atom. The van der Waals surface area contributed by atoms with E-state index in [1.165, 1.54) is 12.1 Å². The molecular weight excluding hydrogens is 399 g/mol. The number of nitrogens with zero attached hydrogens (tertiary/aromatic N) is 2. The van der Waals surface area contributed by atoms with Gasteiger partial charge in [0.1, 0.15) is 5.82 Å². The van der Waals surface area contributed by atoms with Gasteiger partial charge in [-0.25, -0.2) is 14.2 Å². The average molecular weight is 422 g/mol. The number of carbonyl (C=O) groups is 2. The van der Waals surface area contributed by atoms with Crippen LogP contribution in [0.25, 0.3) is 22.2 Å². The molecule has 4 rings (SSSR count). The molecule has 0 bridgehead atoms. The van der Waals surface area contributed by atoms with Crippen molar-refractivity contribution in [3.05, 3.63) is 66.0 Å². The predicted molar refractivity (Wildman–Crippen MR) is 114 cm³/mol. The average Bonchev–Trinajstić information content (AvgIpc) is 2.76. The summed E-state index contributed by atoms with van der Waals surface area (Å²) in [5.41, 5.74) is 2.11. The molecule has 1 saturated heterocycles. The van der Waals surface area contributed by atoms with Gasteiger partial charge in [0.15, 0.2) is 6.61 Å². The monoisotopic (exact) mass is 422 g/mol. The highest BCUT2D eigenvalue weighted by molar-refractivity contribution is 6.05.